The third-order valence-electron chi connectivity index (χ3n) is 2.43. The Kier molecular flexibility index (Phi) is 2.12. The zero-order chi connectivity index (χ0) is 6.85. The lowest BCUT2D eigenvalue weighted by Crippen LogP contribution is -2.15. The van der Waals surface area contributed by atoms with E-state index in [-0.39, 0.29) is 0 Å². The lowest BCUT2D eigenvalue weighted by molar-refractivity contribution is 0.339. The van der Waals surface area contributed by atoms with Crippen LogP contribution in [0.3, 0.4) is 0 Å². The third-order valence-corrected chi connectivity index (χ3v) is 2.43. The largest absolute Gasteiger partial charge is 0.316 e. The summed E-state index contributed by atoms with van der Waals surface area (Å²) in [6, 6.07) is 0. The zero-order valence-electron chi connectivity index (χ0n) is 6.65. The van der Waals surface area contributed by atoms with E-state index in [1.165, 1.54) is 13.1 Å². The van der Waals surface area contributed by atoms with Crippen molar-refractivity contribution < 1.29 is 0 Å². The second-order valence-corrected chi connectivity index (χ2v) is 3.54. The molecular formula is C8H17N. The van der Waals surface area contributed by atoms with E-state index in [9.17, 15) is 0 Å². The van der Waals surface area contributed by atoms with Crippen LogP contribution in [0, 0.1) is 17.8 Å². The highest BCUT2D eigenvalue weighted by atomic mass is 14.9. The van der Waals surface area contributed by atoms with Gasteiger partial charge in [0.05, 0.1) is 0 Å². The number of rotatable bonds is 1. The minimum absolute atomic E-state index is 0.856. The van der Waals surface area contributed by atoms with Gasteiger partial charge in [0.2, 0.25) is 0 Å². The van der Waals surface area contributed by atoms with Crippen molar-refractivity contribution in [3.63, 3.8) is 0 Å². The van der Waals surface area contributed by atoms with Crippen LogP contribution in [0.25, 0.3) is 0 Å². The van der Waals surface area contributed by atoms with Crippen LogP contribution in [0.1, 0.15) is 20.8 Å². The highest BCUT2D eigenvalue weighted by molar-refractivity contribution is 4.79. The van der Waals surface area contributed by atoms with Gasteiger partial charge >= 0.3 is 0 Å². The predicted molar refractivity (Wildman–Crippen MR) is 40.4 cm³/mol. The first-order valence-electron chi connectivity index (χ1n) is 3.92. The molecule has 0 aromatic carbocycles. The molecule has 1 heteroatoms. The summed E-state index contributed by atoms with van der Waals surface area (Å²) in [6.45, 7) is 9.43. The second kappa shape index (κ2) is 2.70. The molecule has 1 N–H and O–H groups in total. The van der Waals surface area contributed by atoms with Crippen molar-refractivity contribution in [3.05, 3.63) is 0 Å². The fourth-order valence-electron chi connectivity index (χ4n) is 1.72. The van der Waals surface area contributed by atoms with Gasteiger partial charge < -0.3 is 5.32 Å². The average Bonchev–Trinajstić information content (AvgIpc) is 2.13. The molecular weight excluding hydrogens is 110 g/mol. The first-order valence-corrected chi connectivity index (χ1v) is 3.92. The van der Waals surface area contributed by atoms with Crippen LogP contribution >= 0.6 is 0 Å². The number of hydrogen-bond donors (Lipinski definition) is 1. The maximum absolute atomic E-state index is 3.40. The molecule has 1 saturated heterocycles. The summed E-state index contributed by atoms with van der Waals surface area (Å²) in [6.07, 6.45) is 0. The molecule has 1 heterocycles. The van der Waals surface area contributed by atoms with E-state index in [1.807, 2.05) is 0 Å². The van der Waals surface area contributed by atoms with Gasteiger partial charge in [-0.1, -0.05) is 20.8 Å². The Labute approximate surface area is 57.8 Å². The Bertz CT molecular complexity index is 88.6. The lowest BCUT2D eigenvalue weighted by atomic mass is 9.88. The van der Waals surface area contributed by atoms with Gasteiger partial charge in [0.1, 0.15) is 0 Å². The van der Waals surface area contributed by atoms with Gasteiger partial charge in [0, 0.05) is 0 Å². The van der Waals surface area contributed by atoms with Crippen LogP contribution in [-0.4, -0.2) is 13.1 Å². The molecule has 0 amide bonds. The molecule has 1 aliphatic heterocycles. The molecule has 0 saturated carbocycles. The monoisotopic (exact) mass is 127 g/mol. The summed E-state index contributed by atoms with van der Waals surface area (Å²) in [4.78, 5) is 0. The van der Waals surface area contributed by atoms with E-state index in [4.69, 9.17) is 0 Å². The molecule has 1 rings (SSSR count). The summed E-state index contributed by atoms with van der Waals surface area (Å²) in [7, 11) is 0. The molecule has 2 atom stereocenters. The van der Waals surface area contributed by atoms with Crippen LogP contribution < -0.4 is 5.32 Å². The van der Waals surface area contributed by atoms with E-state index in [0.29, 0.717) is 0 Å². The average molecular weight is 127 g/mol. The molecule has 1 nitrogen and oxygen atoms in total. The molecule has 0 radical (unpaired) electrons. The van der Waals surface area contributed by atoms with Crippen LogP contribution in [0.4, 0.5) is 0 Å². The highest BCUT2D eigenvalue weighted by Gasteiger charge is 2.24. The molecule has 0 bridgehead atoms. The molecule has 0 spiro atoms. The Morgan fingerprint density at radius 1 is 1.33 bits per heavy atom. The van der Waals surface area contributed by atoms with E-state index < -0.39 is 0 Å². The molecule has 9 heavy (non-hydrogen) atoms. The topological polar surface area (TPSA) is 12.0 Å². The van der Waals surface area contributed by atoms with Crippen LogP contribution in [0.5, 0.6) is 0 Å². The molecule has 0 aromatic heterocycles. The van der Waals surface area contributed by atoms with Crippen LogP contribution in [-0.2, 0) is 0 Å². The molecule has 1 aliphatic rings. The Morgan fingerprint density at radius 3 is 2.22 bits per heavy atom. The van der Waals surface area contributed by atoms with Crippen molar-refractivity contribution in [3.8, 4) is 0 Å². The van der Waals surface area contributed by atoms with Crippen molar-refractivity contribution in [2.75, 3.05) is 13.1 Å². The smallest absolute Gasteiger partial charge is 0.00149 e. The van der Waals surface area contributed by atoms with E-state index >= 15 is 0 Å². The molecule has 0 aromatic rings. The minimum atomic E-state index is 0.856. The Hall–Kier alpha value is -0.0400. The Morgan fingerprint density at radius 2 is 2.00 bits per heavy atom. The van der Waals surface area contributed by atoms with Gasteiger partial charge in [-0.15, -0.1) is 0 Å². The number of nitrogens with one attached hydrogen (secondary N) is 1. The quantitative estimate of drug-likeness (QED) is 0.563. The summed E-state index contributed by atoms with van der Waals surface area (Å²) in [5, 5.41) is 3.40. The minimum Gasteiger partial charge on any atom is -0.316 e. The normalized spacial score (nSPS) is 36.0. The summed E-state index contributed by atoms with van der Waals surface area (Å²) in [5.74, 6) is 2.67. The molecule has 54 valence electrons. The van der Waals surface area contributed by atoms with E-state index in [2.05, 4.69) is 26.1 Å². The maximum atomic E-state index is 3.40. The summed E-state index contributed by atoms with van der Waals surface area (Å²) >= 11 is 0. The van der Waals surface area contributed by atoms with E-state index in [1.54, 1.807) is 0 Å². The van der Waals surface area contributed by atoms with Crippen molar-refractivity contribution >= 4 is 0 Å². The van der Waals surface area contributed by atoms with Gasteiger partial charge in [-0.3, -0.25) is 0 Å². The second-order valence-electron chi connectivity index (χ2n) is 3.54. The van der Waals surface area contributed by atoms with Gasteiger partial charge in [-0.05, 0) is 30.8 Å². The third kappa shape index (κ3) is 1.45. The highest BCUT2D eigenvalue weighted by Crippen LogP contribution is 2.23. The van der Waals surface area contributed by atoms with Crippen molar-refractivity contribution in [2.24, 2.45) is 17.8 Å². The predicted octanol–water partition coefficient (Wildman–Crippen LogP) is 1.50. The van der Waals surface area contributed by atoms with E-state index in [0.717, 1.165) is 17.8 Å². The van der Waals surface area contributed by atoms with Crippen LogP contribution in [0.15, 0.2) is 0 Å². The van der Waals surface area contributed by atoms with Gasteiger partial charge in [0.15, 0.2) is 0 Å². The lowest BCUT2D eigenvalue weighted by Gasteiger charge is -2.17. The van der Waals surface area contributed by atoms with Crippen molar-refractivity contribution in [2.45, 2.75) is 20.8 Å². The van der Waals surface area contributed by atoms with Gasteiger partial charge in [-0.25, -0.2) is 0 Å². The Balaban J connectivity index is 2.40. The van der Waals surface area contributed by atoms with Gasteiger partial charge in [-0.2, -0.15) is 0 Å². The first-order chi connectivity index (χ1) is 4.22. The molecule has 0 aliphatic carbocycles. The summed E-state index contributed by atoms with van der Waals surface area (Å²) < 4.78 is 0. The van der Waals surface area contributed by atoms with Crippen LogP contribution in [0.2, 0.25) is 0 Å². The zero-order valence-corrected chi connectivity index (χ0v) is 6.65. The first kappa shape index (κ1) is 7.07. The molecule has 1 fully saturated rings. The van der Waals surface area contributed by atoms with Crippen molar-refractivity contribution in [1.82, 2.24) is 5.32 Å². The van der Waals surface area contributed by atoms with Crippen molar-refractivity contribution in [1.29, 1.82) is 0 Å². The van der Waals surface area contributed by atoms with Gasteiger partial charge in [0.25, 0.3) is 0 Å². The fourth-order valence-corrected chi connectivity index (χ4v) is 1.72. The fraction of sp³-hybridized carbons (Fsp3) is 1.00. The number of hydrogen-bond acceptors (Lipinski definition) is 1. The maximum Gasteiger partial charge on any atom is -0.00149 e. The summed E-state index contributed by atoms with van der Waals surface area (Å²) in [5.41, 5.74) is 0. The molecule has 0 unspecified atom stereocenters. The standard InChI is InChI=1S/C8H17N/c1-6(2)8-5-9-4-7(8)3/h6-9H,4-5H2,1-3H3/t7-,8-/m0/s1. The SMILES string of the molecule is CC(C)[C@@H]1CNC[C@@H]1C.